The number of hydrogen-bond acceptors (Lipinski definition) is 4. The van der Waals surface area contributed by atoms with Crippen LogP contribution in [-0.2, 0) is 16.0 Å². The predicted molar refractivity (Wildman–Crippen MR) is 116 cm³/mol. The molecule has 0 spiro atoms. The van der Waals surface area contributed by atoms with Crippen molar-refractivity contribution in [2.24, 2.45) is 0 Å². The zero-order valence-corrected chi connectivity index (χ0v) is 17.8. The molecule has 162 valence electrons. The highest BCUT2D eigenvalue weighted by molar-refractivity contribution is 5.94. The van der Waals surface area contributed by atoms with E-state index in [9.17, 15) is 14.4 Å². The van der Waals surface area contributed by atoms with Gasteiger partial charge in [-0.25, -0.2) is 0 Å². The molecule has 2 aromatic rings. The van der Waals surface area contributed by atoms with Crippen LogP contribution < -0.4 is 5.32 Å². The molecule has 1 atom stereocenters. The number of fused-ring (bicyclic) bond motifs is 1. The summed E-state index contributed by atoms with van der Waals surface area (Å²) in [7, 11) is 0. The van der Waals surface area contributed by atoms with E-state index in [1.165, 1.54) is 5.56 Å². The number of rotatable bonds is 4. The molecule has 31 heavy (non-hydrogen) atoms. The quantitative estimate of drug-likeness (QED) is 0.823. The normalized spacial score (nSPS) is 18.9. The van der Waals surface area contributed by atoms with Crippen molar-refractivity contribution < 1.29 is 14.4 Å². The SMILES string of the molecule is CC(=O)N1CCc2ccccc2C1CC(=O)NC1CCN(C(=O)c2ccncc2)CC1. The molecule has 0 saturated carbocycles. The first-order valence-corrected chi connectivity index (χ1v) is 10.9. The van der Waals surface area contributed by atoms with Gasteiger partial charge in [0.25, 0.3) is 5.91 Å². The monoisotopic (exact) mass is 420 g/mol. The number of piperidine rings is 1. The van der Waals surface area contributed by atoms with Crippen LogP contribution in [0, 0.1) is 0 Å². The first-order valence-electron chi connectivity index (χ1n) is 10.9. The van der Waals surface area contributed by atoms with E-state index in [0.29, 0.717) is 25.2 Å². The zero-order chi connectivity index (χ0) is 21.8. The van der Waals surface area contributed by atoms with Gasteiger partial charge in [-0.1, -0.05) is 24.3 Å². The molecule has 2 aliphatic heterocycles. The molecule has 7 heteroatoms. The summed E-state index contributed by atoms with van der Waals surface area (Å²) >= 11 is 0. The molecule has 0 aliphatic carbocycles. The lowest BCUT2D eigenvalue weighted by Gasteiger charge is -2.37. The third kappa shape index (κ3) is 4.76. The number of pyridine rings is 1. The third-order valence-corrected chi connectivity index (χ3v) is 6.27. The Bertz CT molecular complexity index is 954. The van der Waals surface area contributed by atoms with Crippen molar-refractivity contribution in [3.8, 4) is 0 Å². The lowest BCUT2D eigenvalue weighted by Crippen LogP contribution is -2.47. The number of amides is 3. The second-order valence-electron chi connectivity index (χ2n) is 8.25. The molecule has 0 bridgehead atoms. The predicted octanol–water partition coefficient (Wildman–Crippen LogP) is 2.34. The zero-order valence-electron chi connectivity index (χ0n) is 17.8. The van der Waals surface area contributed by atoms with E-state index >= 15 is 0 Å². The Hall–Kier alpha value is -3.22. The van der Waals surface area contributed by atoms with E-state index < -0.39 is 0 Å². The minimum atomic E-state index is -0.226. The van der Waals surface area contributed by atoms with Crippen LogP contribution in [0.4, 0.5) is 0 Å². The maximum absolute atomic E-state index is 12.9. The summed E-state index contributed by atoms with van der Waals surface area (Å²) in [4.78, 5) is 45.2. The number of carbonyl (C=O) groups is 3. The van der Waals surface area contributed by atoms with Crippen LogP contribution in [-0.4, -0.2) is 58.2 Å². The number of carbonyl (C=O) groups excluding carboxylic acids is 3. The Balaban J connectivity index is 1.34. The molecule has 1 aromatic carbocycles. The van der Waals surface area contributed by atoms with Crippen LogP contribution >= 0.6 is 0 Å². The van der Waals surface area contributed by atoms with Crippen LogP contribution in [0.3, 0.4) is 0 Å². The number of likely N-dealkylation sites (tertiary alicyclic amines) is 1. The van der Waals surface area contributed by atoms with Gasteiger partial charge in [-0.05, 0) is 42.5 Å². The first kappa shape index (κ1) is 21.0. The Labute approximate surface area is 182 Å². The lowest BCUT2D eigenvalue weighted by molar-refractivity contribution is -0.133. The Morgan fingerprint density at radius 3 is 2.45 bits per heavy atom. The highest BCUT2D eigenvalue weighted by Crippen LogP contribution is 2.32. The van der Waals surface area contributed by atoms with Crippen LogP contribution in [0.15, 0.2) is 48.8 Å². The summed E-state index contributed by atoms with van der Waals surface area (Å²) in [5.41, 5.74) is 2.91. The molecule has 1 unspecified atom stereocenters. The van der Waals surface area contributed by atoms with Crippen molar-refractivity contribution in [3.63, 3.8) is 0 Å². The highest BCUT2D eigenvalue weighted by atomic mass is 16.2. The van der Waals surface area contributed by atoms with E-state index in [1.54, 1.807) is 36.4 Å². The number of nitrogens with zero attached hydrogens (tertiary/aromatic N) is 3. The number of nitrogens with one attached hydrogen (secondary N) is 1. The van der Waals surface area contributed by atoms with Gasteiger partial charge in [0.05, 0.1) is 12.5 Å². The third-order valence-electron chi connectivity index (χ3n) is 6.27. The smallest absolute Gasteiger partial charge is 0.253 e. The van der Waals surface area contributed by atoms with Crippen molar-refractivity contribution in [2.75, 3.05) is 19.6 Å². The van der Waals surface area contributed by atoms with Crippen molar-refractivity contribution in [1.82, 2.24) is 20.1 Å². The summed E-state index contributed by atoms with van der Waals surface area (Å²) in [5.74, 6) is -0.0508. The summed E-state index contributed by atoms with van der Waals surface area (Å²) in [6.45, 7) is 3.42. The Morgan fingerprint density at radius 1 is 1.03 bits per heavy atom. The van der Waals surface area contributed by atoms with Gasteiger partial charge in [-0.2, -0.15) is 0 Å². The van der Waals surface area contributed by atoms with Crippen molar-refractivity contribution >= 4 is 17.7 Å². The van der Waals surface area contributed by atoms with Gasteiger partial charge in [0, 0.05) is 50.6 Å². The second kappa shape index (κ2) is 9.29. The van der Waals surface area contributed by atoms with Gasteiger partial charge in [-0.15, -0.1) is 0 Å². The molecule has 1 saturated heterocycles. The maximum atomic E-state index is 12.9. The molecule has 0 radical (unpaired) electrons. The molecule has 3 heterocycles. The number of aromatic nitrogens is 1. The van der Waals surface area contributed by atoms with Crippen molar-refractivity contribution in [2.45, 2.75) is 44.7 Å². The Kier molecular flexibility index (Phi) is 6.30. The van der Waals surface area contributed by atoms with Crippen molar-refractivity contribution in [1.29, 1.82) is 0 Å². The molecule has 2 aliphatic rings. The molecular formula is C24H28N4O3. The molecule has 1 aromatic heterocycles. The van der Waals surface area contributed by atoms with E-state index in [2.05, 4.69) is 16.4 Å². The lowest BCUT2D eigenvalue weighted by atomic mass is 9.90. The summed E-state index contributed by atoms with van der Waals surface area (Å²) in [5, 5.41) is 3.13. The molecule has 1 N–H and O–H groups in total. The van der Waals surface area contributed by atoms with E-state index in [1.807, 2.05) is 23.1 Å². The average molecular weight is 421 g/mol. The van der Waals surface area contributed by atoms with Gasteiger partial charge in [-0.3, -0.25) is 19.4 Å². The summed E-state index contributed by atoms with van der Waals surface area (Å²) < 4.78 is 0. The van der Waals surface area contributed by atoms with Gasteiger partial charge < -0.3 is 15.1 Å². The minimum Gasteiger partial charge on any atom is -0.353 e. The van der Waals surface area contributed by atoms with E-state index in [-0.39, 0.29) is 36.2 Å². The molecule has 7 nitrogen and oxygen atoms in total. The fraction of sp³-hybridized carbons (Fsp3) is 0.417. The van der Waals surface area contributed by atoms with E-state index in [0.717, 1.165) is 24.8 Å². The number of benzene rings is 1. The standard InChI is InChI=1S/C24H28N4O3/c1-17(29)28-15-8-18-4-2-3-5-21(18)22(28)16-23(30)26-20-9-13-27(14-10-20)24(31)19-6-11-25-12-7-19/h2-7,11-12,20,22H,8-10,13-16H2,1H3,(H,26,30). The fourth-order valence-corrected chi connectivity index (χ4v) is 4.61. The molecular weight excluding hydrogens is 392 g/mol. The van der Waals surface area contributed by atoms with E-state index in [4.69, 9.17) is 0 Å². The summed E-state index contributed by atoms with van der Waals surface area (Å²) in [6, 6.07) is 11.3. The Morgan fingerprint density at radius 2 is 1.74 bits per heavy atom. The largest absolute Gasteiger partial charge is 0.353 e. The maximum Gasteiger partial charge on any atom is 0.253 e. The van der Waals surface area contributed by atoms with Gasteiger partial charge in [0.15, 0.2) is 0 Å². The molecule has 1 fully saturated rings. The van der Waals surface area contributed by atoms with Crippen LogP contribution in [0.5, 0.6) is 0 Å². The van der Waals surface area contributed by atoms with Gasteiger partial charge in [0.2, 0.25) is 11.8 Å². The molecule has 3 amide bonds. The molecule has 4 rings (SSSR count). The summed E-state index contributed by atoms with van der Waals surface area (Å²) in [6.07, 6.45) is 5.76. The van der Waals surface area contributed by atoms with Crippen LogP contribution in [0.1, 0.15) is 53.7 Å². The van der Waals surface area contributed by atoms with Gasteiger partial charge >= 0.3 is 0 Å². The number of hydrogen-bond donors (Lipinski definition) is 1. The average Bonchev–Trinajstić information content (AvgIpc) is 2.79. The van der Waals surface area contributed by atoms with Crippen LogP contribution in [0.25, 0.3) is 0 Å². The van der Waals surface area contributed by atoms with Crippen LogP contribution in [0.2, 0.25) is 0 Å². The van der Waals surface area contributed by atoms with Gasteiger partial charge in [0.1, 0.15) is 0 Å². The highest BCUT2D eigenvalue weighted by Gasteiger charge is 2.32. The first-order chi connectivity index (χ1) is 15.0. The van der Waals surface area contributed by atoms with Crippen molar-refractivity contribution in [3.05, 3.63) is 65.5 Å². The second-order valence-corrected chi connectivity index (χ2v) is 8.25. The topological polar surface area (TPSA) is 82.6 Å². The fourth-order valence-electron chi connectivity index (χ4n) is 4.61. The minimum absolute atomic E-state index is 0.00286.